The minimum atomic E-state index is -0.466. The molecule has 5 heteroatoms. The summed E-state index contributed by atoms with van der Waals surface area (Å²) in [4.78, 5) is 28.0. The third-order valence-corrected chi connectivity index (χ3v) is 3.93. The van der Waals surface area contributed by atoms with E-state index in [0.717, 1.165) is 17.5 Å². The highest BCUT2D eigenvalue weighted by atomic mass is 16.5. The first-order valence-corrected chi connectivity index (χ1v) is 6.97. The Morgan fingerprint density at radius 1 is 1.33 bits per heavy atom. The molecule has 0 N–H and O–H groups in total. The van der Waals surface area contributed by atoms with E-state index in [4.69, 9.17) is 0 Å². The third kappa shape index (κ3) is 2.82. The summed E-state index contributed by atoms with van der Waals surface area (Å²) < 4.78 is 6.01. The van der Waals surface area contributed by atoms with Crippen molar-refractivity contribution in [3.8, 4) is 0 Å². The molecule has 0 amide bonds. The number of aromatic nitrogens is 2. The van der Waals surface area contributed by atoms with Gasteiger partial charge in [-0.3, -0.25) is 9.36 Å². The van der Waals surface area contributed by atoms with Crippen molar-refractivity contribution < 1.29 is 9.53 Å². The Morgan fingerprint density at radius 2 is 2.00 bits per heavy atom. The summed E-state index contributed by atoms with van der Waals surface area (Å²) >= 11 is 0. The molecule has 0 saturated carbocycles. The van der Waals surface area contributed by atoms with Crippen molar-refractivity contribution in [2.45, 2.75) is 39.2 Å². The zero-order valence-corrected chi connectivity index (χ0v) is 12.8. The van der Waals surface area contributed by atoms with Crippen LogP contribution < -0.4 is 5.69 Å². The first-order valence-electron chi connectivity index (χ1n) is 6.97. The van der Waals surface area contributed by atoms with Gasteiger partial charge in [0.25, 0.3) is 0 Å². The molecule has 21 heavy (non-hydrogen) atoms. The number of fused-ring (bicyclic) bond motifs is 1. The second kappa shape index (κ2) is 5.68. The third-order valence-electron chi connectivity index (χ3n) is 3.93. The highest BCUT2D eigenvalue weighted by Gasteiger charge is 2.24. The summed E-state index contributed by atoms with van der Waals surface area (Å²) in [6.07, 6.45) is 0.866. The van der Waals surface area contributed by atoms with Crippen LogP contribution in [-0.4, -0.2) is 22.6 Å². The van der Waals surface area contributed by atoms with Gasteiger partial charge in [-0.1, -0.05) is 39.0 Å². The van der Waals surface area contributed by atoms with Crippen molar-refractivity contribution in [3.05, 3.63) is 40.4 Å². The van der Waals surface area contributed by atoms with Crippen molar-refractivity contribution in [3.63, 3.8) is 0 Å². The molecule has 2 rings (SSSR count). The van der Waals surface area contributed by atoms with Crippen molar-refractivity contribution in [2.75, 3.05) is 7.11 Å². The van der Waals surface area contributed by atoms with Gasteiger partial charge in [0.2, 0.25) is 0 Å². The molecule has 0 spiro atoms. The minimum absolute atomic E-state index is 0.129. The van der Waals surface area contributed by atoms with Crippen LogP contribution in [0.25, 0.3) is 10.9 Å². The predicted molar refractivity (Wildman–Crippen MR) is 81.3 cm³/mol. The first kappa shape index (κ1) is 15.2. The van der Waals surface area contributed by atoms with Gasteiger partial charge in [0, 0.05) is 10.8 Å². The molecule has 5 nitrogen and oxygen atoms in total. The van der Waals surface area contributed by atoms with E-state index >= 15 is 0 Å². The van der Waals surface area contributed by atoms with Crippen LogP contribution in [0.15, 0.2) is 29.1 Å². The lowest BCUT2D eigenvalue weighted by molar-refractivity contribution is -0.141. The van der Waals surface area contributed by atoms with Gasteiger partial charge >= 0.3 is 11.7 Å². The lowest BCUT2D eigenvalue weighted by Gasteiger charge is -2.24. The summed E-state index contributed by atoms with van der Waals surface area (Å²) in [7, 11) is 1.30. The molecule has 1 aromatic heterocycles. The topological polar surface area (TPSA) is 61.2 Å². The number of esters is 1. The Hall–Kier alpha value is -2.17. The Bertz CT molecular complexity index is 732. The molecule has 1 aromatic carbocycles. The Balaban J connectivity index is 2.76. The number of ether oxygens (including phenoxy) is 1. The molecule has 0 unspecified atom stereocenters. The molecular weight excluding hydrogens is 268 g/mol. The molecule has 0 fully saturated rings. The fourth-order valence-corrected chi connectivity index (χ4v) is 2.26. The van der Waals surface area contributed by atoms with Gasteiger partial charge in [0.1, 0.15) is 6.54 Å². The molecule has 0 radical (unpaired) electrons. The zero-order valence-electron chi connectivity index (χ0n) is 12.8. The highest BCUT2D eigenvalue weighted by Crippen LogP contribution is 2.29. The van der Waals surface area contributed by atoms with E-state index in [-0.39, 0.29) is 12.0 Å². The summed E-state index contributed by atoms with van der Waals surface area (Å²) in [5, 5.41) is 0.896. The summed E-state index contributed by atoms with van der Waals surface area (Å²) in [6, 6.07) is 7.52. The Kier molecular flexibility index (Phi) is 4.11. The Morgan fingerprint density at radius 3 is 2.62 bits per heavy atom. The molecule has 0 aliphatic carbocycles. The van der Waals surface area contributed by atoms with Gasteiger partial charge in [-0.25, -0.2) is 4.79 Å². The smallest absolute Gasteiger partial charge is 0.348 e. The first-order chi connectivity index (χ1) is 9.90. The average molecular weight is 288 g/mol. The van der Waals surface area contributed by atoms with Gasteiger partial charge < -0.3 is 4.74 Å². The number of para-hydroxylation sites is 1. The molecule has 0 saturated heterocycles. The van der Waals surface area contributed by atoms with E-state index in [9.17, 15) is 9.59 Å². The number of hydrogen-bond acceptors (Lipinski definition) is 4. The van der Waals surface area contributed by atoms with E-state index in [1.54, 1.807) is 0 Å². The fraction of sp³-hybridized carbons (Fsp3) is 0.438. The average Bonchev–Trinajstić information content (AvgIpc) is 2.49. The number of rotatable bonds is 4. The van der Waals surface area contributed by atoms with Crippen LogP contribution in [0.2, 0.25) is 0 Å². The lowest BCUT2D eigenvalue weighted by atomic mass is 9.84. The van der Waals surface area contributed by atoms with Crippen molar-refractivity contribution in [2.24, 2.45) is 0 Å². The Labute approximate surface area is 123 Å². The van der Waals surface area contributed by atoms with Gasteiger partial charge in [-0.2, -0.15) is 4.98 Å². The van der Waals surface area contributed by atoms with E-state index in [1.165, 1.54) is 11.7 Å². The quantitative estimate of drug-likeness (QED) is 0.810. The number of carbonyl (C=O) groups excluding carboxylic acids is 1. The van der Waals surface area contributed by atoms with Gasteiger partial charge in [-0.15, -0.1) is 0 Å². The molecular formula is C16H20N2O3. The van der Waals surface area contributed by atoms with E-state index in [1.807, 2.05) is 24.3 Å². The lowest BCUT2D eigenvalue weighted by Crippen LogP contribution is -2.31. The van der Waals surface area contributed by atoms with Crippen molar-refractivity contribution >= 4 is 16.9 Å². The molecule has 112 valence electrons. The molecule has 0 aliphatic heterocycles. The second-order valence-electron chi connectivity index (χ2n) is 5.66. The predicted octanol–water partition coefficient (Wildman–Crippen LogP) is 2.26. The molecule has 0 aliphatic rings. The largest absolute Gasteiger partial charge is 0.468 e. The van der Waals surface area contributed by atoms with Gasteiger partial charge in [0.15, 0.2) is 0 Å². The van der Waals surface area contributed by atoms with Crippen LogP contribution in [0.1, 0.15) is 32.9 Å². The van der Waals surface area contributed by atoms with Crippen LogP contribution in [0.5, 0.6) is 0 Å². The maximum atomic E-state index is 12.3. The monoisotopic (exact) mass is 288 g/mol. The maximum Gasteiger partial charge on any atom is 0.348 e. The summed E-state index contributed by atoms with van der Waals surface area (Å²) in [5.74, 6) is -0.466. The zero-order chi connectivity index (χ0) is 15.6. The number of methoxy groups -OCH3 is 1. The van der Waals surface area contributed by atoms with Crippen LogP contribution in [0, 0.1) is 0 Å². The van der Waals surface area contributed by atoms with Crippen molar-refractivity contribution in [1.29, 1.82) is 0 Å². The normalized spacial score (nSPS) is 11.6. The van der Waals surface area contributed by atoms with E-state index < -0.39 is 11.7 Å². The number of carbonyl (C=O) groups is 1. The summed E-state index contributed by atoms with van der Waals surface area (Å²) in [5.41, 5.74) is 0.852. The maximum absolute atomic E-state index is 12.3. The fourth-order valence-electron chi connectivity index (χ4n) is 2.26. The summed E-state index contributed by atoms with van der Waals surface area (Å²) in [6.45, 7) is 6.06. The standard InChI is InChI=1S/C16H20N2O3/c1-5-16(2,3)14-11-8-6-7-9-12(11)18(15(20)17-14)10-13(19)21-4/h6-9H,5,10H2,1-4H3. The molecule has 1 heterocycles. The van der Waals surface area contributed by atoms with E-state index in [2.05, 4.69) is 30.5 Å². The van der Waals surface area contributed by atoms with Crippen LogP contribution in [-0.2, 0) is 21.5 Å². The van der Waals surface area contributed by atoms with Gasteiger partial charge in [0.05, 0.1) is 18.3 Å². The number of nitrogens with zero attached hydrogens (tertiary/aromatic N) is 2. The molecule has 0 atom stereocenters. The molecule has 0 bridgehead atoms. The number of hydrogen-bond donors (Lipinski definition) is 0. The van der Waals surface area contributed by atoms with Crippen LogP contribution >= 0.6 is 0 Å². The minimum Gasteiger partial charge on any atom is -0.468 e. The van der Waals surface area contributed by atoms with Gasteiger partial charge in [-0.05, 0) is 12.5 Å². The van der Waals surface area contributed by atoms with Crippen LogP contribution in [0.3, 0.4) is 0 Å². The van der Waals surface area contributed by atoms with Crippen molar-refractivity contribution in [1.82, 2.24) is 9.55 Å². The molecule has 2 aromatic rings. The number of benzene rings is 1. The van der Waals surface area contributed by atoms with E-state index in [0.29, 0.717) is 5.52 Å². The highest BCUT2D eigenvalue weighted by molar-refractivity contribution is 5.83. The second-order valence-corrected chi connectivity index (χ2v) is 5.66. The SMILES string of the molecule is CCC(C)(C)c1nc(=O)n(CC(=O)OC)c2ccccc12. The van der Waals surface area contributed by atoms with Crippen LogP contribution in [0.4, 0.5) is 0 Å².